The van der Waals surface area contributed by atoms with Gasteiger partial charge in [0, 0.05) is 13.2 Å². The molecular formula is C8H16N2O2. The summed E-state index contributed by atoms with van der Waals surface area (Å²) in [6.45, 7) is 0. The molecule has 0 saturated heterocycles. The molecule has 0 bridgehead atoms. The summed E-state index contributed by atoms with van der Waals surface area (Å²) < 4.78 is 5.20. The molecule has 0 heterocycles. The fourth-order valence-corrected chi connectivity index (χ4v) is 1.64. The van der Waals surface area contributed by atoms with E-state index in [1.165, 1.54) is 0 Å². The number of rotatable bonds is 2. The molecule has 1 rings (SSSR count). The highest BCUT2D eigenvalue weighted by molar-refractivity contribution is 5.71. The van der Waals surface area contributed by atoms with Crippen LogP contribution in [0, 0.1) is 0 Å². The second-order valence-electron chi connectivity index (χ2n) is 3.22. The van der Waals surface area contributed by atoms with Crippen molar-refractivity contribution < 1.29 is 9.53 Å². The van der Waals surface area contributed by atoms with Crippen LogP contribution in [0.2, 0.25) is 0 Å². The van der Waals surface area contributed by atoms with Gasteiger partial charge in [0.25, 0.3) is 0 Å². The van der Waals surface area contributed by atoms with Crippen LogP contribution in [0.1, 0.15) is 25.7 Å². The average molecular weight is 172 g/mol. The Morgan fingerprint density at radius 3 is 2.42 bits per heavy atom. The average Bonchev–Trinajstić information content (AvgIpc) is 2.05. The topological polar surface area (TPSA) is 64.3 Å². The lowest BCUT2D eigenvalue weighted by atomic mass is 9.93. The Morgan fingerprint density at radius 1 is 1.42 bits per heavy atom. The van der Waals surface area contributed by atoms with E-state index < -0.39 is 6.03 Å². The smallest absolute Gasteiger partial charge is 0.312 e. The summed E-state index contributed by atoms with van der Waals surface area (Å²) in [7, 11) is 1.73. The second-order valence-corrected chi connectivity index (χ2v) is 3.22. The second kappa shape index (κ2) is 4.30. The van der Waals surface area contributed by atoms with Crippen molar-refractivity contribution in [2.24, 2.45) is 5.73 Å². The maximum Gasteiger partial charge on any atom is 0.312 e. The molecule has 4 nitrogen and oxygen atoms in total. The lowest BCUT2D eigenvalue weighted by Crippen LogP contribution is -2.41. The van der Waals surface area contributed by atoms with Crippen LogP contribution >= 0.6 is 0 Å². The highest BCUT2D eigenvalue weighted by Gasteiger charge is 2.20. The zero-order chi connectivity index (χ0) is 8.97. The Bertz CT molecular complexity index is 153. The van der Waals surface area contributed by atoms with E-state index in [1.54, 1.807) is 7.11 Å². The minimum absolute atomic E-state index is 0.258. The van der Waals surface area contributed by atoms with Gasteiger partial charge in [-0.15, -0.1) is 0 Å². The third-order valence-corrected chi connectivity index (χ3v) is 2.35. The Morgan fingerprint density at radius 2 is 2.00 bits per heavy atom. The molecule has 0 aromatic rings. The summed E-state index contributed by atoms with van der Waals surface area (Å²) in [5.74, 6) is 0. The number of carbonyl (C=O) groups excluding carboxylic acids is 1. The van der Waals surface area contributed by atoms with E-state index >= 15 is 0 Å². The quantitative estimate of drug-likeness (QED) is 0.641. The van der Waals surface area contributed by atoms with Gasteiger partial charge in [-0.1, -0.05) is 0 Å². The summed E-state index contributed by atoms with van der Waals surface area (Å²) in [4.78, 5) is 10.5. The predicted octanol–water partition coefficient (Wildman–Crippen LogP) is 0.612. The molecule has 0 aromatic carbocycles. The zero-order valence-electron chi connectivity index (χ0n) is 7.38. The van der Waals surface area contributed by atoms with E-state index in [4.69, 9.17) is 10.5 Å². The predicted molar refractivity (Wildman–Crippen MR) is 45.8 cm³/mol. The Kier molecular flexibility index (Phi) is 3.34. The molecule has 70 valence electrons. The van der Waals surface area contributed by atoms with Crippen LogP contribution in [0.25, 0.3) is 0 Å². The van der Waals surface area contributed by atoms with Gasteiger partial charge >= 0.3 is 6.03 Å². The Labute approximate surface area is 72.5 Å². The van der Waals surface area contributed by atoms with Crippen LogP contribution in [0.4, 0.5) is 4.79 Å². The molecule has 0 atom stereocenters. The van der Waals surface area contributed by atoms with Crippen molar-refractivity contribution in [2.45, 2.75) is 37.8 Å². The minimum Gasteiger partial charge on any atom is -0.381 e. The van der Waals surface area contributed by atoms with E-state index in [0.29, 0.717) is 6.10 Å². The van der Waals surface area contributed by atoms with Gasteiger partial charge in [-0.3, -0.25) is 0 Å². The lowest BCUT2D eigenvalue weighted by Gasteiger charge is -2.27. The minimum atomic E-state index is -0.420. The summed E-state index contributed by atoms with van der Waals surface area (Å²) in [6, 6.07) is -0.162. The fraction of sp³-hybridized carbons (Fsp3) is 0.875. The van der Waals surface area contributed by atoms with Gasteiger partial charge in [0.05, 0.1) is 6.10 Å². The number of hydrogen-bond acceptors (Lipinski definition) is 2. The van der Waals surface area contributed by atoms with Crippen molar-refractivity contribution in [2.75, 3.05) is 7.11 Å². The lowest BCUT2D eigenvalue weighted by molar-refractivity contribution is 0.0637. The van der Waals surface area contributed by atoms with Gasteiger partial charge in [0.2, 0.25) is 0 Å². The maximum absolute atomic E-state index is 10.5. The number of nitrogens with one attached hydrogen (secondary N) is 1. The van der Waals surface area contributed by atoms with E-state index in [0.717, 1.165) is 25.7 Å². The number of ether oxygens (including phenoxy) is 1. The molecule has 0 aliphatic heterocycles. The van der Waals surface area contributed by atoms with Crippen LogP contribution in [0.15, 0.2) is 0 Å². The molecule has 2 amide bonds. The molecule has 1 aliphatic rings. The van der Waals surface area contributed by atoms with Crippen molar-refractivity contribution in [3.8, 4) is 0 Å². The normalized spacial score (nSPS) is 29.8. The molecule has 12 heavy (non-hydrogen) atoms. The number of nitrogens with two attached hydrogens (primary N) is 1. The number of amides is 2. The maximum atomic E-state index is 10.5. The molecule has 1 aliphatic carbocycles. The molecule has 0 spiro atoms. The molecule has 0 aromatic heterocycles. The molecule has 4 heteroatoms. The van der Waals surface area contributed by atoms with E-state index in [2.05, 4.69) is 5.32 Å². The first-order chi connectivity index (χ1) is 5.72. The molecule has 1 saturated carbocycles. The third kappa shape index (κ3) is 2.70. The van der Waals surface area contributed by atoms with Crippen LogP contribution < -0.4 is 11.1 Å². The van der Waals surface area contributed by atoms with Crippen LogP contribution in [-0.2, 0) is 4.74 Å². The first-order valence-corrected chi connectivity index (χ1v) is 4.31. The van der Waals surface area contributed by atoms with Crippen molar-refractivity contribution in [1.82, 2.24) is 5.32 Å². The van der Waals surface area contributed by atoms with E-state index in [1.807, 2.05) is 0 Å². The Hall–Kier alpha value is -0.770. The van der Waals surface area contributed by atoms with E-state index in [-0.39, 0.29) is 6.04 Å². The molecule has 3 N–H and O–H groups in total. The van der Waals surface area contributed by atoms with Crippen LogP contribution in [0.5, 0.6) is 0 Å². The first-order valence-electron chi connectivity index (χ1n) is 4.31. The summed E-state index contributed by atoms with van der Waals surface area (Å²) >= 11 is 0. The standard InChI is InChI=1S/C8H16N2O2/c1-12-7-4-2-6(3-5-7)10-8(9)11/h6-7H,2-5H2,1H3,(H3,9,10,11). The highest BCUT2D eigenvalue weighted by atomic mass is 16.5. The van der Waals surface area contributed by atoms with Crippen molar-refractivity contribution in [3.05, 3.63) is 0 Å². The number of primary amides is 1. The largest absolute Gasteiger partial charge is 0.381 e. The number of methoxy groups -OCH3 is 1. The van der Waals surface area contributed by atoms with Crippen molar-refractivity contribution in [3.63, 3.8) is 0 Å². The van der Waals surface area contributed by atoms with Crippen molar-refractivity contribution >= 4 is 6.03 Å². The fourth-order valence-electron chi connectivity index (χ4n) is 1.64. The number of hydrogen-bond donors (Lipinski definition) is 2. The summed E-state index contributed by atoms with van der Waals surface area (Å²) in [6.07, 6.45) is 4.35. The van der Waals surface area contributed by atoms with Gasteiger partial charge < -0.3 is 15.8 Å². The third-order valence-electron chi connectivity index (χ3n) is 2.35. The zero-order valence-corrected chi connectivity index (χ0v) is 7.38. The molecule has 1 fully saturated rings. The molecule has 0 radical (unpaired) electrons. The first kappa shape index (κ1) is 9.32. The SMILES string of the molecule is COC1CCC(NC(N)=O)CC1. The van der Waals surface area contributed by atoms with Crippen molar-refractivity contribution in [1.29, 1.82) is 0 Å². The van der Waals surface area contributed by atoms with Crippen LogP contribution in [-0.4, -0.2) is 25.3 Å². The van der Waals surface area contributed by atoms with Crippen LogP contribution in [0.3, 0.4) is 0 Å². The van der Waals surface area contributed by atoms with E-state index in [9.17, 15) is 4.79 Å². The number of carbonyl (C=O) groups is 1. The van der Waals surface area contributed by atoms with Gasteiger partial charge in [-0.05, 0) is 25.7 Å². The summed E-state index contributed by atoms with van der Waals surface area (Å²) in [5.41, 5.74) is 5.01. The Balaban J connectivity index is 2.21. The van der Waals surface area contributed by atoms with Gasteiger partial charge in [0.1, 0.15) is 0 Å². The highest BCUT2D eigenvalue weighted by Crippen LogP contribution is 2.20. The van der Waals surface area contributed by atoms with Gasteiger partial charge in [-0.2, -0.15) is 0 Å². The number of urea groups is 1. The monoisotopic (exact) mass is 172 g/mol. The molecular weight excluding hydrogens is 156 g/mol. The van der Waals surface area contributed by atoms with Gasteiger partial charge in [0.15, 0.2) is 0 Å². The summed E-state index contributed by atoms with van der Waals surface area (Å²) in [5, 5.41) is 2.71. The molecule has 0 unspecified atom stereocenters. The van der Waals surface area contributed by atoms with Gasteiger partial charge in [-0.25, -0.2) is 4.79 Å².